The van der Waals surface area contributed by atoms with Crippen LogP contribution in [0, 0.1) is 16.7 Å². The van der Waals surface area contributed by atoms with Crippen molar-refractivity contribution in [2.75, 3.05) is 23.7 Å². The van der Waals surface area contributed by atoms with E-state index < -0.39 is 0 Å². The molecule has 1 aliphatic rings. The highest BCUT2D eigenvalue weighted by Gasteiger charge is 2.64. The van der Waals surface area contributed by atoms with Crippen molar-refractivity contribution in [3.05, 3.63) is 12.3 Å². The van der Waals surface area contributed by atoms with Gasteiger partial charge in [0.15, 0.2) is 0 Å². The maximum absolute atomic E-state index is 4.47. The topological polar surface area (TPSA) is 49.8 Å². The molecule has 2 rings (SSSR count). The lowest BCUT2D eigenvalue weighted by molar-refractivity contribution is 0.457. The molecule has 1 aromatic rings. The molecule has 1 saturated carbocycles. The smallest absolute Gasteiger partial charge is 0.224 e. The van der Waals surface area contributed by atoms with Gasteiger partial charge in [-0.3, -0.25) is 0 Å². The first-order valence-corrected chi connectivity index (χ1v) is 7.20. The minimum atomic E-state index is 0.413. The molecule has 0 amide bonds. The predicted octanol–water partition coefficient (Wildman–Crippen LogP) is 3.39. The van der Waals surface area contributed by atoms with Crippen molar-refractivity contribution >= 4 is 11.8 Å². The summed E-state index contributed by atoms with van der Waals surface area (Å²) in [4.78, 5) is 8.69. The molecule has 1 fully saturated rings. The summed E-state index contributed by atoms with van der Waals surface area (Å²) < 4.78 is 0. The Bertz CT molecular complexity index is 426. The van der Waals surface area contributed by atoms with Crippen LogP contribution in [0.15, 0.2) is 12.3 Å². The molecular weight excluding hydrogens is 236 g/mol. The molecule has 0 bridgehead atoms. The van der Waals surface area contributed by atoms with Gasteiger partial charge >= 0.3 is 0 Å². The lowest BCUT2D eigenvalue weighted by Gasteiger charge is -2.08. The van der Waals surface area contributed by atoms with E-state index >= 15 is 0 Å². The Hall–Kier alpha value is -1.32. The summed E-state index contributed by atoms with van der Waals surface area (Å²) in [7, 11) is 0. The first-order valence-electron chi connectivity index (χ1n) is 7.20. The van der Waals surface area contributed by atoms with Crippen LogP contribution in [0.4, 0.5) is 11.8 Å². The third kappa shape index (κ3) is 2.67. The van der Waals surface area contributed by atoms with E-state index in [2.05, 4.69) is 55.2 Å². The van der Waals surface area contributed by atoms with Gasteiger partial charge < -0.3 is 10.6 Å². The maximum atomic E-state index is 4.47. The lowest BCUT2D eigenvalue weighted by atomic mass is 10.0. The summed E-state index contributed by atoms with van der Waals surface area (Å²) in [5.74, 6) is 2.32. The van der Waals surface area contributed by atoms with Crippen molar-refractivity contribution in [1.29, 1.82) is 0 Å². The fourth-order valence-electron chi connectivity index (χ4n) is 2.83. The van der Waals surface area contributed by atoms with Gasteiger partial charge in [-0.05, 0) is 29.2 Å². The summed E-state index contributed by atoms with van der Waals surface area (Å²) in [5.41, 5.74) is 0.826. The highest BCUT2D eigenvalue weighted by molar-refractivity contribution is 5.40. The Balaban J connectivity index is 1.90. The zero-order valence-corrected chi connectivity index (χ0v) is 12.7. The summed E-state index contributed by atoms with van der Waals surface area (Å²) in [6.45, 7) is 13.4. The van der Waals surface area contributed by atoms with Crippen LogP contribution in [0.2, 0.25) is 0 Å². The highest BCUT2D eigenvalue weighted by Crippen LogP contribution is 2.68. The van der Waals surface area contributed by atoms with E-state index in [0.29, 0.717) is 22.7 Å². The average molecular weight is 262 g/mol. The fraction of sp³-hybridized carbons (Fsp3) is 0.733. The second kappa shape index (κ2) is 4.99. The molecule has 2 N–H and O–H groups in total. The van der Waals surface area contributed by atoms with Crippen LogP contribution in [0.25, 0.3) is 0 Å². The molecule has 0 atom stereocenters. The summed E-state index contributed by atoms with van der Waals surface area (Å²) >= 11 is 0. The van der Waals surface area contributed by atoms with E-state index in [-0.39, 0.29) is 0 Å². The third-order valence-electron chi connectivity index (χ3n) is 5.00. The van der Waals surface area contributed by atoms with Crippen LogP contribution in [-0.4, -0.2) is 23.1 Å². The van der Waals surface area contributed by atoms with E-state index in [4.69, 9.17) is 0 Å². The van der Waals surface area contributed by atoms with Crippen LogP contribution in [-0.2, 0) is 0 Å². The van der Waals surface area contributed by atoms with E-state index in [1.807, 2.05) is 6.07 Å². The van der Waals surface area contributed by atoms with E-state index in [9.17, 15) is 0 Å². The molecule has 0 spiro atoms. The van der Waals surface area contributed by atoms with Crippen LogP contribution in [0.1, 0.15) is 41.0 Å². The van der Waals surface area contributed by atoms with Crippen molar-refractivity contribution in [2.24, 2.45) is 16.7 Å². The van der Waals surface area contributed by atoms with Crippen molar-refractivity contribution < 1.29 is 0 Å². The summed E-state index contributed by atoms with van der Waals surface area (Å²) in [6.07, 6.45) is 2.88. The van der Waals surface area contributed by atoms with Crippen LogP contribution in [0.5, 0.6) is 0 Å². The molecule has 106 valence electrons. The van der Waals surface area contributed by atoms with Gasteiger partial charge in [-0.1, -0.05) is 34.6 Å². The average Bonchev–Trinajstić information content (AvgIpc) is 2.75. The summed E-state index contributed by atoms with van der Waals surface area (Å²) in [6, 6.07) is 1.93. The quantitative estimate of drug-likeness (QED) is 0.825. The number of hydrogen-bond acceptors (Lipinski definition) is 4. The standard InChI is InChI=1S/C15H26N4/c1-6-8-16-13-17-9-7-12(19-13)18-10-11-14(2,3)15(11,4)5/h7,9,11H,6,8,10H2,1-5H3,(H2,16,17,18,19). The largest absolute Gasteiger partial charge is 0.370 e. The van der Waals surface area contributed by atoms with Crippen LogP contribution >= 0.6 is 0 Å². The minimum absolute atomic E-state index is 0.413. The molecule has 4 heteroatoms. The number of anilines is 2. The van der Waals surface area contributed by atoms with Gasteiger partial charge in [-0.15, -0.1) is 0 Å². The normalized spacial score (nSPS) is 20.1. The first kappa shape index (κ1) is 14.1. The Kier molecular flexibility index (Phi) is 3.70. The molecule has 0 radical (unpaired) electrons. The van der Waals surface area contributed by atoms with Gasteiger partial charge in [0, 0.05) is 19.3 Å². The minimum Gasteiger partial charge on any atom is -0.370 e. The SMILES string of the molecule is CCCNc1nccc(NCC2C(C)(C)C2(C)C)n1. The molecular formula is C15H26N4. The number of aromatic nitrogens is 2. The van der Waals surface area contributed by atoms with E-state index in [1.54, 1.807) is 6.20 Å². The van der Waals surface area contributed by atoms with Gasteiger partial charge in [-0.25, -0.2) is 4.98 Å². The second-order valence-corrected chi connectivity index (χ2v) is 6.57. The third-order valence-corrected chi connectivity index (χ3v) is 5.00. The molecule has 0 saturated heterocycles. The number of nitrogens with zero attached hydrogens (tertiary/aromatic N) is 2. The van der Waals surface area contributed by atoms with Crippen molar-refractivity contribution in [3.63, 3.8) is 0 Å². The van der Waals surface area contributed by atoms with Crippen LogP contribution < -0.4 is 10.6 Å². The number of hydrogen-bond donors (Lipinski definition) is 2. The predicted molar refractivity (Wildman–Crippen MR) is 80.4 cm³/mol. The zero-order valence-electron chi connectivity index (χ0n) is 12.7. The van der Waals surface area contributed by atoms with Crippen molar-refractivity contribution in [2.45, 2.75) is 41.0 Å². The van der Waals surface area contributed by atoms with Gasteiger partial charge in [0.1, 0.15) is 5.82 Å². The molecule has 1 heterocycles. The molecule has 1 aromatic heterocycles. The Morgan fingerprint density at radius 2 is 1.84 bits per heavy atom. The van der Waals surface area contributed by atoms with Gasteiger partial charge in [0.25, 0.3) is 0 Å². The molecule has 0 unspecified atom stereocenters. The Labute approximate surface area is 116 Å². The summed E-state index contributed by atoms with van der Waals surface area (Å²) in [5, 5.41) is 6.65. The molecule has 19 heavy (non-hydrogen) atoms. The van der Waals surface area contributed by atoms with Gasteiger partial charge in [-0.2, -0.15) is 4.98 Å². The first-order chi connectivity index (χ1) is 8.89. The molecule has 0 aliphatic heterocycles. The van der Waals surface area contributed by atoms with E-state index in [1.165, 1.54) is 0 Å². The second-order valence-electron chi connectivity index (χ2n) is 6.57. The highest BCUT2D eigenvalue weighted by atomic mass is 15.1. The molecule has 0 aromatic carbocycles. The zero-order chi connectivity index (χ0) is 14.1. The fourth-order valence-corrected chi connectivity index (χ4v) is 2.83. The number of nitrogens with one attached hydrogen (secondary N) is 2. The molecule has 1 aliphatic carbocycles. The number of rotatable bonds is 6. The van der Waals surface area contributed by atoms with Crippen molar-refractivity contribution in [1.82, 2.24) is 9.97 Å². The Morgan fingerprint density at radius 1 is 1.16 bits per heavy atom. The van der Waals surface area contributed by atoms with Gasteiger partial charge in [0.05, 0.1) is 0 Å². The lowest BCUT2D eigenvalue weighted by Crippen LogP contribution is -2.11. The maximum Gasteiger partial charge on any atom is 0.224 e. The monoisotopic (exact) mass is 262 g/mol. The molecule has 4 nitrogen and oxygen atoms in total. The van der Waals surface area contributed by atoms with Crippen LogP contribution in [0.3, 0.4) is 0 Å². The van der Waals surface area contributed by atoms with Crippen molar-refractivity contribution in [3.8, 4) is 0 Å². The van der Waals surface area contributed by atoms with E-state index in [0.717, 1.165) is 25.3 Å². The van der Waals surface area contributed by atoms with Gasteiger partial charge in [0.2, 0.25) is 5.95 Å². The Morgan fingerprint density at radius 3 is 2.42 bits per heavy atom.